The molecule has 3 N–H and O–H groups in total. The van der Waals surface area contributed by atoms with Crippen LogP contribution in [0.3, 0.4) is 0 Å². The van der Waals surface area contributed by atoms with Crippen molar-refractivity contribution in [1.29, 1.82) is 0 Å². The highest BCUT2D eigenvalue weighted by atomic mass is 16.5. The highest BCUT2D eigenvalue weighted by Gasteiger charge is 2.23. The standard InChI is InChI=1S/C17H18N2O3/c18-15(16(20)19-11-13-7-3-1-4-8-13)17(21)22-12-14-9-5-2-6-10-14/h1-10,15H,11-12,18H2,(H,19,20). The highest BCUT2D eigenvalue weighted by molar-refractivity contribution is 6.01. The fraction of sp³-hybridized carbons (Fsp3) is 0.176. The van der Waals surface area contributed by atoms with Gasteiger partial charge in [-0.05, 0) is 11.1 Å². The molecule has 0 saturated heterocycles. The van der Waals surface area contributed by atoms with E-state index in [0.717, 1.165) is 11.1 Å². The number of ether oxygens (including phenoxy) is 1. The first-order valence-corrected chi connectivity index (χ1v) is 6.94. The number of nitrogens with one attached hydrogen (secondary N) is 1. The highest BCUT2D eigenvalue weighted by Crippen LogP contribution is 2.02. The van der Waals surface area contributed by atoms with Crippen molar-refractivity contribution in [3.63, 3.8) is 0 Å². The number of esters is 1. The van der Waals surface area contributed by atoms with Crippen LogP contribution in [-0.2, 0) is 27.5 Å². The lowest BCUT2D eigenvalue weighted by molar-refractivity contribution is -0.149. The minimum absolute atomic E-state index is 0.0966. The molecule has 0 saturated carbocycles. The van der Waals surface area contributed by atoms with E-state index in [4.69, 9.17) is 10.5 Å². The Labute approximate surface area is 129 Å². The average molecular weight is 298 g/mol. The quantitative estimate of drug-likeness (QED) is 0.623. The molecule has 5 nitrogen and oxygen atoms in total. The van der Waals surface area contributed by atoms with Crippen molar-refractivity contribution in [2.75, 3.05) is 0 Å². The van der Waals surface area contributed by atoms with Gasteiger partial charge in [-0.1, -0.05) is 60.7 Å². The molecule has 1 unspecified atom stereocenters. The predicted octanol–water partition coefficient (Wildman–Crippen LogP) is 1.37. The molecule has 0 aliphatic carbocycles. The van der Waals surface area contributed by atoms with Gasteiger partial charge in [0, 0.05) is 6.54 Å². The summed E-state index contributed by atoms with van der Waals surface area (Å²) in [6.07, 6.45) is 0. The maximum atomic E-state index is 11.8. The molecule has 22 heavy (non-hydrogen) atoms. The summed E-state index contributed by atoms with van der Waals surface area (Å²) in [5, 5.41) is 2.61. The third kappa shape index (κ3) is 4.71. The Morgan fingerprint density at radius 2 is 1.50 bits per heavy atom. The summed E-state index contributed by atoms with van der Waals surface area (Å²) in [6.45, 7) is 0.415. The lowest BCUT2D eigenvalue weighted by Gasteiger charge is -2.12. The summed E-state index contributed by atoms with van der Waals surface area (Å²) >= 11 is 0. The third-order valence-corrected chi connectivity index (χ3v) is 3.07. The molecular formula is C17H18N2O3. The lowest BCUT2D eigenvalue weighted by atomic mass is 10.2. The monoisotopic (exact) mass is 298 g/mol. The van der Waals surface area contributed by atoms with Gasteiger partial charge in [-0.2, -0.15) is 0 Å². The Balaban J connectivity index is 1.78. The van der Waals surface area contributed by atoms with Crippen LogP contribution in [0.2, 0.25) is 0 Å². The van der Waals surface area contributed by atoms with E-state index in [1.165, 1.54) is 0 Å². The molecule has 1 amide bonds. The van der Waals surface area contributed by atoms with E-state index in [9.17, 15) is 9.59 Å². The SMILES string of the molecule is NC(C(=O)NCc1ccccc1)C(=O)OCc1ccccc1. The molecular weight excluding hydrogens is 280 g/mol. The van der Waals surface area contributed by atoms with Gasteiger partial charge in [0.15, 0.2) is 6.04 Å². The van der Waals surface area contributed by atoms with Crippen molar-refractivity contribution in [3.8, 4) is 0 Å². The van der Waals surface area contributed by atoms with E-state index in [1.807, 2.05) is 60.7 Å². The second-order valence-electron chi connectivity index (χ2n) is 4.77. The summed E-state index contributed by atoms with van der Waals surface area (Å²) in [5.41, 5.74) is 7.37. The van der Waals surface area contributed by atoms with Crippen LogP contribution in [-0.4, -0.2) is 17.9 Å². The molecule has 0 radical (unpaired) electrons. The largest absolute Gasteiger partial charge is 0.459 e. The summed E-state index contributed by atoms with van der Waals surface area (Å²) in [6, 6.07) is 17.3. The van der Waals surface area contributed by atoms with Gasteiger partial charge in [-0.25, -0.2) is 4.79 Å². The molecule has 0 fully saturated rings. The van der Waals surface area contributed by atoms with Crippen molar-refractivity contribution >= 4 is 11.9 Å². The Kier molecular flexibility index (Phi) is 5.68. The van der Waals surface area contributed by atoms with Crippen molar-refractivity contribution in [2.24, 2.45) is 5.73 Å². The lowest BCUT2D eigenvalue weighted by Crippen LogP contribution is -2.46. The number of hydrogen-bond donors (Lipinski definition) is 2. The minimum Gasteiger partial charge on any atom is -0.459 e. The normalized spacial score (nSPS) is 11.5. The van der Waals surface area contributed by atoms with E-state index < -0.39 is 17.9 Å². The third-order valence-electron chi connectivity index (χ3n) is 3.07. The Bertz CT molecular complexity index is 559. The van der Waals surface area contributed by atoms with Crippen LogP contribution in [0.5, 0.6) is 0 Å². The van der Waals surface area contributed by atoms with Gasteiger partial charge in [0.05, 0.1) is 0 Å². The van der Waals surface area contributed by atoms with Gasteiger partial charge in [-0.3, -0.25) is 4.79 Å². The number of amides is 1. The first-order chi connectivity index (χ1) is 10.7. The summed E-state index contributed by atoms with van der Waals surface area (Å²) in [7, 11) is 0. The van der Waals surface area contributed by atoms with Gasteiger partial charge in [0.1, 0.15) is 6.61 Å². The second kappa shape index (κ2) is 7.95. The van der Waals surface area contributed by atoms with Gasteiger partial charge in [0.2, 0.25) is 5.91 Å². The van der Waals surface area contributed by atoms with Crippen molar-refractivity contribution in [3.05, 3.63) is 71.8 Å². The number of rotatable bonds is 6. The maximum Gasteiger partial charge on any atom is 0.333 e. The van der Waals surface area contributed by atoms with Crippen molar-refractivity contribution in [1.82, 2.24) is 5.32 Å². The van der Waals surface area contributed by atoms with E-state index in [2.05, 4.69) is 5.32 Å². The first-order valence-electron chi connectivity index (χ1n) is 6.94. The molecule has 0 aliphatic heterocycles. The zero-order chi connectivity index (χ0) is 15.8. The van der Waals surface area contributed by atoms with Crippen LogP contribution in [0, 0.1) is 0 Å². The first kappa shape index (κ1) is 15.7. The number of hydrogen-bond acceptors (Lipinski definition) is 4. The molecule has 0 spiro atoms. The van der Waals surface area contributed by atoms with Crippen LogP contribution < -0.4 is 11.1 Å². The smallest absolute Gasteiger partial charge is 0.333 e. The topological polar surface area (TPSA) is 81.4 Å². The van der Waals surface area contributed by atoms with E-state index in [0.29, 0.717) is 6.54 Å². The Morgan fingerprint density at radius 1 is 0.955 bits per heavy atom. The van der Waals surface area contributed by atoms with E-state index in [-0.39, 0.29) is 6.61 Å². The molecule has 5 heteroatoms. The maximum absolute atomic E-state index is 11.8. The van der Waals surface area contributed by atoms with Crippen molar-refractivity contribution < 1.29 is 14.3 Å². The van der Waals surface area contributed by atoms with Gasteiger partial charge in [0.25, 0.3) is 0 Å². The van der Waals surface area contributed by atoms with Gasteiger partial charge in [-0.15, -0.1) is 0 Å². The molecule has 0 heterocycles. The van der Waals surface area contributed by atoms with Crippen LogP contribution in [0.25, 0.3) is 0 Å². The van der Waals surface area contributed by atoms with Crippen LogP contribution in [0.15, 0.2) is 60.7 Å². The molecule has 114 valence electrons. The molecule has 1 atom stereocenters. The Hall–Kier alpha value is -2.66. The zero-order valence-corrected chi connectivity index (χ0v) is 12.1. The summed E-state index contributed by atoms with van der Waals surface area (Å²) in [4.78, 5) is 23.6. The molecule has 2 aromatic carbocycles. The van der Waals surface area contributed by atoms with Crippen molar-refractivity contribution in [2.45, 2.75) is 19.2 Å². The van der Waals surface area contributed by atoms with Gasteiger partial charge < -0.3 is 15.8 Å². The number of carbonyl (C=O) groups excluding carboxylic acids is 2. The molecule has 0 bridgehead atoms. The zero-order valence-electron chi connectivity index (χ0n) is 12.1. The summed E-state index contributed by atoms with van der Waals surface area (Å²) < 4.78 is 5.04. The minimum atomic E-state index is -1.33. The predicted molar refractivity (Wildman–Crippen MR) is 82.5 cm³/mol. The number of carbonyl (C=O) groups is 2. The van der Waals surface area contributed by atoms with Crippen LogP contribution in [0.1, 0.15) is 11.1 Å². The molecule has 0 aliphatic rings. The fourth-order valence-electron chi connectivity index (χ4n) is 1.82. The number of benzene rings is 2. The van der Waals surface area contributed by atoms with Crippen LogP contribution >= 0.6 is 0 Å². The molecule has 2 aromatic rings. The van der Waals surface area contributed by atoms with E-state index >= 15 is 0 Å². The van der Waals surface area contributed by atoms with Gasteiger partial charge >= 0.3 is 5.97 Å². The fourth-order valence-corrected chi connectivity index (χ4v) is 1.82. The average Bonchev–Trinajstić information content (AvgIpc) is 2.58. The van der Waals surface area contributed by atoms with E-state index in [1.54, 1.807) is 0 Å². The second-order valence-corrected chi connectivity index (χ2v) is 4.77. The summed E-state index contributed by atoms with van der Waals surface area (Å²) in [5.74, 6) is -1.30. The Morgan fingerprint density at radius 3 is 2.09 bits per heavy atom. The van der Waals surface area contributed by atoms with Crippen LogP contribution in [0.4, 0.5) is 0 Å². The number of nitrogens with two attached hydrogens (primary N) is 1. The molecule has 2 rings (SSSR count). The molecule has 0 aromatic heterocycles.